The number of fused-ring (bicyclic) bond motifs is 9. The molecule has 15 heteroatoms. The van der Waals surface area contributed by atoms with Crippen molar-refractivity contribution in [2.45, 2.75) is 19.3 Å². The van der Waals surface area contributed by atoms with Crippen LogP contribution in [-0.4, -0.2) is 74.8 Å². The Labute approximate surface area is 745 Å². The van der Waals surface area contributed by atoms with E-state index in [4.69, 9.17) is 49.8 Å². The number of benzene rings is 12. The lowest BCUT2D eigenvalue weighted by Crippen LogP contribution is -2.00. The molecule has 0 atom stereocenters. The van der Waals surface area contributed by atoms with E-state index in [1.807, 2.05) is 213 Å². The second-order valence-corrected chi connectivity index (χ2v) is 31.7. The molecule has 606 valence electrons. The summed E-state index contributed by atoms with van der Waals surface area (Å²) in [4.78, 5) is 72.1. The second kappa shape index (κ2) is 34.7. The standard InChI is InChI=1S/3C38H25N5/c1-3-10-25(11-4-1)36-41-37(26-12-5-2-6-13-26)43-38(42-36)31-17-8-15-28(23-31)27-14-7-16-29(22-27)32-19-21-40-35-33(32)24-30-18-9-20-39-34(30)35;1-3-10-25(11-4-1)27-14-7-16-30(22-27)37-41-36(26-12-5-2-6-13-26)42-38(43-37)31-17-8-15-28(23-31)32-19-21-40-35-33(32)24-29-18-9-20-39-34(29)35;1-3-9-27(10-4-1)36-41-37(28-11-5-2-6-12-28)43-38(42-36)31-14-7-13-29(23-31)25-16-18-26(19-17-25)32-20-22-40-35-33(32)24-30-15-8-21-39-34(30)35/h3*1-23H,24H2. The molecular formula is C114H75N15. The van der Waals surface area contributed by atoms with Crippen LogP contribution in [0.5, 0.6) is 0 Å². The molecule has 12 aromatic carbocycles. The van der Waals surface area contributed by atoms with Gasteiger partial charge in [-0.25, -0.2) is 44.9 Å². The maximum atomic E-state index is 5.03. The van der Waals surface area contributed by atoms with Crippen molar-refractivity contribution < 1.29 is 0 Å². The molecule has 24 rings (SSSR count). The van der Waals surface area contributed by atoms with Crippen molar-refractivity contribution in [2.24, 2.45) is 0 Å². The summed E-state index contributed by atoms with van der Waals surface area (Å²) < 4.78 is 0. The lowest BCUT2D eigenvalue weighted by atomic mass is 9.95. The van der Waals surface area contributed by atoms with E-state index in [2.05, 4.69) is 231 Å². The van der Waals surface area contributed by atoms with Crippen molar-refractivity contribution in [3.8, 4) is 203 Å². The predicted molar refractivity (Wildman–Crippen MR) is 513 cm³/mol. The van der Waals surface area contributed by atoms with Gasteiger partial charge in [0.15, 0.2) is 52.4 Å². The average molecular weight is 1650 g/mol. The van der Waals surface area contributed by atoms with Gasteiger partial charge in [0.05, 0.1) is 34.2 Å². The first-order chi connectivity index (χ1) is 63.9. The summed E-state index contributed by atoms with van der Waals surface area (Å²) in [6.45, 7) is 0. The van der Waals surface area contributed by atoms with Crippen molar-refractivity contribution in [1.29, 1.82) is 0 Å². The molecule has 3 aliphatic carbocycles. The predicted octanol–water partition coefficient (Wildman–Crippen LogP) is 25.7. The molecule has 129 heavy (non-hydrogen) atoms. The fourth-order valence-corrected chi connectivity index (χ4v) is 17.3. The van der Waals surface area contributed by atoms with Gasteiger partial charge in [-0.1, -0.05) is 315 Å². The highest BCUT2D eigenvalue weighted by Gasteiger charge is 2.29. The Hall–Kier alpha value is -17.4. The van der Waals surface area contributed by atoms with Gasteiger partial charge in [-0.15, -0.1) is 0 Å². The summed E-state index contributed by atoms with van der Waals surface area (Å²) in [5.74, 6) is 5.81. The van der Waals surface area contributed by atoms with Gasteiger partial charge in [0.2, 0.25) is 0 Å². The maximum Gasteiger partial charge on any atom is 0.164 e. The summed E-state index contributed by atoms with van der Waals surface area (Å²) in [5, 5.41) is 0. The van der Waals surface area contributed by atoms with E-state index in [0.29, 0.717) is 52.4 Å². The van der Waals surface area contributed by atoms with Crippen LogP contribution in [0.2, 0.25) is 0 Å². The molecule has 9 heterocycles. The van der Waals surface area contributed by atoms with E-state index in [0.717, 1.165) is 154 Å². The van der Waals surface area contributed by atoms with Gasteiger partial charge >= 0.3 is 0 Å². The third-order valence-corrected chi connectivity index (χ3v) is 23.6. The molecule has 0 amide bonds. The first-order valence-corrected chi connectivity index (χ1v) is 42.9. The van der Waals surface area contributed by atoms with Crippen molar-refractivity contribution in [1.82, 2.24) is 74.8 Å². The first-order valence-electron chi connectivity index (χ1n) is 42.9. The molecular weight excluding hydrogens is 1580 g/mol. The Morgan fingerprint density at radius 2 is 0.333 bits per heavy atom. The first kappa shape index (κ1) is 77.6. The lowest BCUT2D eigenvalue weighted by molar-refractivity contribution is 1.07. The molecule has 0 bridgehead atoms. The van der Waals surface area contributed by atoms with Gasteiger partial charge in [0.25, 0.3) is 0 Å². The van der Waals surface area contributed by atoms with Crippen molar-refractivity contribution in [2.75, 3.05) is 0 Å². The smallest absolute Gasteiger partial charge is 0.164 e. The fraction of sp³-hybridized carbons (Fsp3) is 0.0263. The number of pyridine rings is 6. The Kier molecular flexibility index (Phi) is 20.9. The van der Waals surface area contributed by atoms with Crippen molar-refractivity contribution >= 4 is 0 Å². The fourth-order valence-electron chi connectivity index (χ4n) is 17.3. The maximum absolute atomic E-state index is 5.03. The Balaban J connectivity index is 0.000000114. The normalized spacial score (nSPS) is 11.6. The van der Waals surface area contributed by atoms with Crippen LogP contribution >= 0.6 is 0 Å². The van der Waals surface area contributed by atoms with Crippen LogP contribution in [0, 0.1) is 0 Å². The minimum absolute atomic E-state index is 0.631. The Bertz CT molecular complexity index is 7640. The Morgan fingerprint density at radius 1 is 0.132 bits per heavy atom. The molecule has 0 fully saturated rings. The molecule has 0 radical (unpaired) electrons. The molecule has 0 saturated heterocycles. The van der Waals surface area contributed by atoms with Gasteiger partial charge in [0, 0.05) is 107 Å². The quantitative estimate of drug-likeness (QED) is 0.0940. The zero-order valence-corrected chi connectivity index (χ0v) is 69.7. The molecule has 21 aromatic rings. The molecule has 0 unspecified atom stereocenters. The summed E-state index contributed by atoms with van der Waals surface area (Å²) in [6, 6.07) is 130. The van der Waals surface area contributed by atoms with E-state index in [-0.39, 0.29) is 0 Å². The molecule has 3 aliphatic rings. The minimum atomic E-state index is 0.631. The Morgan fingerprint density at radius 3 is 0.628 bits per heavy atom. The highest BCUT2D eigenvalue weighted by atomic mass is 15.1. The number of hydrogen-bond acceptors (Lipinski definition) is 15. The van der Waals surface area contributed by atoms with Gasteiger partial charge in [-0.3, -0.25) is 29.9 Å². The van der Waals surface area contributed by atoms with Gasteiger partial charge in [0.1, 0.15) is 0 Å². The van der Waals surface area contributed by atoms with Gasteiger partial charge in [-0.05, 0) is 167 Å². The van der Waals surface area contributed by atoms with Crippen LogP contribution in [0.4, 0.5) is 0 Å². The number of rotatable bonds is 15. The summed E-state index contributed by atoms with van der Waals surface area (Å²) in [6.07, 6.45) is 13.7. The second-order valence-electron chi connectivity index (χ2n) is 31.7. The van der Waals surface area contributed by atoms with E-state index in [1.165, 1.54) is 50.1 Å². The number of hydrogen-bond donors (Lipinski definition) is 0. The van der Waals surface area contributed by atoms with E-state index < -0.39 is 0 Å². The molecule has 9 aromatic heterocycles. The van der Waals surface area contributed by atoms with Gasteiger partial charge < -0.3 is 0 Å². The highest BCUT2D eigenvalue weighted by molar-refractivity contribution is 5.87. The van der Waals surface area contributed by atoms with Crippen molar-refractivity contribution in [3.05, 3.63) is 453 Å². The summed E-state index contributed by atoms with van der Waals surface area (Å²) in [7, 11) is 0. The summed E-state index contributed by atoms with van der Waals surface area (Å²) >= 11 is 0. The number of aromatic nitrogens is 15. The van der Waals surface area contributed by atoms with E-state index in [1.54, 1.807) is 0 Å². The summed E-state index contributed by atoms with van der Waals surface area (Å²) in [5.41, 5.74) is 35.4. The van der Waals surface area contributed by atoms with Crippen LogP contribution in [0.15, 0.2) is 419 Å². The zero-order valence-electron chi connectivity index (χ0n) is 69.7. The van der Waals surface area contributed by atoms with Crippen molar-refractivity contribution in [3.63, 3.8) is 0 Å². The van der Waals surface area contributed by atoms with E-state index >= 15 is 0 Å². The van der Waals surface area contributed by atoms with Crippen LogP contribution in [0.25, 0.3) is 203 Å². The largest absolute Gasteiger partial charge is 0.254 e. The average Bonchev–Trinajstić information content (AvgIpc) is 1.63. The topological polar surface area (TPSA) is 193 Å². The SMILES string of the molecule is c1ccc(-c2cccc(-c3nc(-c4ccccc4)nc(-c4cccc(-c5ccnc6c5Cc5cccnc5-6)c4)n3)c2)cc1.c1ccc(-c2nc(-c3ccccc3)nc(-c3cccc(-c4ccc(-c5ccnc6c5Cc5cccnc5-6)cc4)c3)n2)cc1.c1ccc(-c2nc(-c3ccccc3)nc(-c3cccc(-c4cccc(-c5ccnc6c5Cc5cccnc5-6)c4)c3)n2)cc1. The monoisotopic (exact) mass is 1650 g/mol. The minimum Gasteiger partial charge on any atom is -0.254 e. The van der Waals surface area contributed by atoms with E-state index in [9.17, 15) is 0 Å². The van der Waals surface area contributed by atoms with Crippen LogP contribution in [0.3, 0.4) is 0 Å². The van der Waals surface area contributed by atoms with Crippen LogP contribution in [0.1, 0.15) is 33.4 Å². The molecule has 0 N–H and O–H groups in total. The zero-order chi connectivity index (χ0) is 85.8. The lowest BCUT2D eigenvalue weighted by Gasteiger charge is -2.12. The molecule has 0 saturated carbocycles. The third kappa shape index (κ3) is 16.0. The van der Waals surface area contributed by atoms with Crippen LogP contribution < -0.4 is 0 Å². The highest BCUT2D eigenvalue weighted by Crippen LogP contribution is 2.45. The third-order valence-electron chi connectivity index (χ3n) is 23.6. The molecule has 15 nitrogen and oxygen atoms in total. The number of nitrogens with zero attached hydrogens (tertiary/aromatic N) is 15. The molecule has 0 spiro atoms. The molecule has 0 aliphatic heterocycles. The van der Waals surface area contributed by atoms with Gasteiger partial charge in [-0.2, -0.15) is 0 Å². The van der Waals surface area contributed by atoms with Crippen LogP contribution in [-0.2, 0) is 19.3 Å².